The quantitative estimate of drug-likeness (QED) is 0.703. The molecule has 0 saturated heterocycles. The SMILES string of the molecule is COC1=C(c2ccc(OC)cc2)Oc2c(c(O)cc(O)c2CC(O)C(C)C)C1. The number of hydrogen-bond acceptors (Lipinski definition) is 6. The van der Waals surface area contributed by atoms with Crippen molar-refractivity contribution in [3.8, 4) is 23.0 Å². The molecule has 1 heterocycles. The first-order chi connectivity index (χ1) is 13.3. The fourth-order valence-corrected chi connectivity index (χ4v) is 3.18. The van der Waals surface area contributed by atoms with Crippen LogP contribution in [0.2, 0.25) is 0 Å². The van der Waals surface area contributed by atoms with Crippen molar-refractivity contribution in [2.75, 3.05) is 14.2 Å². The van der Waals surface area contributed by atoms with Gasteiger partial charge in [0.1, 0.15) is 28.8 Å². The van der Waals surface area contributed by atoms with Crippen molar-refractivity contribution in [1.29, 1.82) is 0 Å². The van der Waals surface area contributed by atoms with Gasteiger partial charge in [-0.15, -0.1) is 0 Å². The maximum atomic E-state index is 10.4. The van der Waals surface area contributed by atoms with E-state index < -0.39 is 6.10 Å². The Kier molecular flexibility index (Phi) is 5.70. The lowest BCUT2D eigenvalue weighted by molar-refractivity contribution is 0.124. The zero-order valence-electron chi connectivity index (χ0n) is 16.5. The molecular weight excluding hydrogens is 360 g/mol. The largest absolute Gasteiger partial charge is 0.507 e. The molecule has 0 aromatic heterocycles. The van der Waals surface area contributed by atoms with E-state index in [0.29, 0.717) is 34.8 Å². The second-order valence-electron chi connectivity index (χ2n) is 7.18. The number of rotatable bonds is 6. The molecule has 6 heteroatoms. The van der Waals surface area contributed by atoms with Gasteiger partial charge in [0, 0.05) is 35.6 Å². The molecule has 28 heavy (non-hydrogen) atoms. The van der Waals surface area contributed by atoms with Gasteiger partial charge >= 0.3 is 0 Å². The third-order valence-electron chi connectivity index (χ3n) is 5.02. The van der Waals surface area contributed by atoms with E-state index in [9.17, 15) is 15.3 Å². The molecule has 150 valence electrons. The molecule has 2 aromatic rings. The van der Waals surface area contributed by atoms with Crippen LogP contribution in [0.4, 0.5) is 0 Å². The van der Waals surface area contributed by atoms with Crippen LogP contribution in [0.5, 0.6) is 23.0 Å². The summed E-state index contributed by atoms with van der Waals surface area (Å²) in [6, 6.07) is 8.62. The van der Waals surface area contributed by atoms with E-state index >= 15 is 0 Å². The zero-order chi connectivity index (χ0) is 20.4. The van der Waals surface area contributed by atoms with Crippen LogP contribution in [0.3, 0.4) is 0 Å². The van der Waals surface area contributed by atoms with Crippen molar-refractivity contribution in [2.45, 2.75) is 32.8 Å². The number of ether oxygens (including phenoxy) is 3. The molecule has 0 saturated carbocycles. The Labute approximate surface area is 164 Å². The molecule has 1 aliphatic heterocycles. The van der Waals surface area contributed by atoms with Crippen molar-refractivity contribution < 1.29 is 29.5 Å². The summed E-state index contributed by atoms with van der Waals surface area (Å²) in [6.45, 7) is 3.81. The van der Waals surface area contributed by atoms with E-state index in [-0.39, 0.29) is 23.8 Å². The fourth-order valence-electron chi connectivity index (χ4n) is 3.18. The summed E-state index contributed by atoms with van der Waals surface area (Å²) < 4.78 is 16.9. The van der Waals surface area contributed by atoms with Crippen LogP contribution in [0.1, 0.15) is 30.5 Å². The van der Waals surface area contributed by atoms with E-state index in [0.717, 1.165) is 11.3 Å². The Morgan fingerprint density at radius 2 is 1.71 bits per heavy atom. The number of allylic oxidation sites excluding steroid dienone is 1. The van der Waals surface area contributed by atoms with Crippen LogP contribution in [0, 0.1) is 5.92 Å². The van der Waals surface area contributed by atoms with Gasteiger partial charge in [-0.25, -0.2) is 0 Å². The summed E-state index contributed by atoms with van der Waals surface area (Å²) in [6.07, 6.45) is -0.130. The maximum Gasteiger partial charge on any atom is 0.172 e. The van der Waals surface area contributed by atoms with Gasteiger partial charge in [0.15, 0.2) is 5.76 Å². The summed E-state index contributed by atoms with van der Waals surface area (Å²) in [4.78, 5) is 0. The normalized spacial score (nSPS) is 14.5. The summed E-state index contributed by atoms with van der Waals surface area (Å²) in [7, 11) is 3.15. The standard InChI is InChI=1S/C22H26O6/c1-12(2)17(23)9-15-18(24)11-19(25)16-10-20(27-4)21(28-22(15)16)13-5-7-14(26-3)8-6-13/h5-8,11-12,17,23-25H,9-10H2,1-4H3. The lowest BCUT2D eigenvalue weighted by atomic mass is 9.93. The molecule has 3 N–H and O–H groups in total. The number of phenols is 2. The third kappa shape index (κ3) is 3.73. The first-order valence-corrected chi connectivity index (χ1v) is 9.19. The van der Waals surface area contributed by atoms with Crippen LogP contribution in [-0.2, 0) is 17.6 Å². The first-order valence-electron chi connectivity index (χ1n) is 9.19. The Bertz CT molecular complexity index is 883. The minimum Gasteiger partial charge on any atom is -0.507 e. The molecule has 1 atom stereocenters. The monoisotopic (exact) mass is 386 g/mol. The van der Waals surface area contributed by atoms with Crippen LogP contribution in [0.25, 0.3) is 5.76 Å². The van der Waals surface area contributed by atoms with E-state index in [1.54, 1.807) is 14.2 Å². The smallest absolute Gasteiger partial charge is 0.172 e. The van der Waals surface area contributed by atoms with Gasteiger partial charge < -0.3 is 29.5 Å². The Balaban J connectivity index is 2.07. The zero-order valence-corrected chi connectivity index (χ0v) is 16.5. The van der Waals surface area contributed by atoms with Crippen LogP contribution in [0.15, 0.2) is 36.1 Å². The van der Waals surface area contributed by atoms with Gasteiger partial charge in [0.25, 0.3) is 0 Å². The molecule has 0 aliphatic carbocycles. The van der Waals surface area contributed by atoms with Gasteiger partial charge in [0.05, 0.1) is 20.3 Å². The van der Waals surface area contributed by atoms with Crippen molar-refractivity contribution in [2.24, 2.45) is 5.92 Å². The second-order valence-corrected chi connectivity index (χ2v) is 7.18. The first kappa shape index (κ1) is 19.9. The highest BCUT2D eigenvalue weighted by molar-refractivity contribution is 5.71. The molecule has 6 nitrogen and oxygen atoms in total. The van der Waals surface area contributed by atoms with Crippen LogP contribution in [-0.4, -0.2) is 35.6 Å². The van der Waals surface area contributed by atoms with E-state index in [1.807, 2.05) is 38.1 Å². The predicted octanol–water partition coefficient (Wildman–Crippen LogP) is 3.62. The summed E-state index contributed by atoms with van der Waals surface area (Å²) in [5.74, 6) is 1.99. The number of phenolic OH excluding ortho intramolecular Hbond substituents is 2. The van der Waals surface area contributed by atoms with Gasteiger partial charge in [-0.1, -0.05) is 13.8 Å². The molecular formula is C22H26O6. The van der Waals surface area contributed by atoms with Gasteiger partial charge in [-0.3, -0.25) is 0 Å². The molecule has 0 fully saturated rings. The van der Waals surface area contributed by atoms with E-state index in [1.165, 1.54) is 6.07 Å². The van der Waals surface area contributed by atoms with Crippen LogP contribution >= 0.6 is 0 Å². The van der Waals surface area contributed by atoms with Crippen molar-refractivity contribution >= 4 is 5.76 Å². The number of aromatic hydroxyl groups is 2. The maximum absolute atomic E-state index is 10.4. The predicted molar refractivity (Wildman–Crippen MR) is 106 cm³/mol. The summed E-state index contributed by atoms with van der Waals surface area (Å²) in [5, 5.41) is 31.1. The average molecular weight is 386 g/mol. The number of benzene rings is 2. The number of aliphatic hydroxyl groups excluding tert-OH is 1. The van der Waals surface area contributed by atoms with E-state index in [2.05, 4.69) is 0 Å². The van der Waals surface area contributed by atoms with Crippen LogP contribution < -0.4 is 9.47 Å². The summed E-state index contributed by atoms with van der Waals surface area (Å²) in [5.41, 5.74) is 1.77. The van der Waals surface area contributed by atoms with E-state index in [4.69, 9.17) is 14.2 Å². The number of aliphatic hydroxyl groups is 1. The molecule has 0 radical (unpaired) electrons. The molecule has 0 spiro atoms. The number of hydrogen-bond donors (Lipinski definition) is 3. The highest BCUT2D eigenvalue weighted by Crippen LogP contribution is 2.46. The lowest BCUT2D eigenvalue weighted by Gasteiger charge is -2.27. The lowest BCUT2D eigenvalue weighted by Crippen LogP contribution is -2.20. The molecule has 1 aliphatic rings. The third-order valence-corrected chi connectivity index (χ3v) is 5.02. The molecule has 2 aromatic carbocycles. The number of fused-ring (bicyclic) bond motifs is 1. The molecule has 0 amide bonds. The van der Waals surface area contributed by atoms with Gasteiger partial charge in [-0.2, -0.15) is 0 Å². The van der Waals surface area contributed by atoms with Crippen molar-refractivity contribution in [3.05, 3.63) is 52.8 Å². The second kappa shape index (κ2) is 8.02. The van der Waals surface area contributed by atoms with Gasteiger partial charge in [-0.05, 0) is 30.2 Å². The topological polar surface area (TPSA) is 88.4 Å². The molecule has 0 bridgehead atoms. The average Bonchev–Trinajstić information content (AvgIpc) is 2.69. The van der Waals surface area contributed by atoms with Gasteiger partial charge in [0.2, 0.25) is 0 Å². The minimum atomic E-state index is -0.652. The minimum absolute atomic E-state index is 0.0126. The Hall–Kier alpha value is -2.86. The molecule has 3 rings (SSSR count). The Morgan fingerprint density at radius 3 is 2.29 bits per heavy atom. The Morgan fingerprint density at radius 1 is 1.04 bits per heavy atom. The molecule has 1 unspecified atom stereocenters. The highest BCUT2D eigenvalue weighted by atomic mass is 16.5. The fraction of sp³-hybridized carbons (Fsp3) is 0.364. The summed E-state index contributed by atoms with van der Waals surface area (Å²) >= 11 is 0. The van der Waals surface area contributed by atoms with Crippen molar-refractivity contribution in [1.82, 2.24) is 0 Å². The number of methoxy groups -OCH3 is 2. The van der Waals surface area contributed by atoms with Crippen molar-refractivity contribution in [3.63, 3.8) is 0 Å². The highest BCUT2D eigenvalue weighted by Gasteiger charge is 2.30.